The van der Waals surface area contributed by atoms with Gasteiger partial charge < -0.3 is 0 Å². The summed E-state index contributed by atoms with van der Waals surface area (Å²) in [6.45, 7) is 1.38. The molecule has 3 N–H and O–H groups in total. The first-order valence-electron chi connectivity index (χ1n) is 6.08. The minimum Gasteiger partial charge on any atom is -0.297 e. The van der Waals surface area contributed by atoms with E-state index in [0.717, 1.165) is 18.0 Å². The lowest BCUT2D eigenvalue weighted by Crippen LogP contribution is -2.51. The monoisotopic (exact) mass is 195 g/mol. The summed E-state index contributed by atoms with van der Waals surface area (Å²) in [5.74, 6) is 6.59. The summed E-state index contributed by atoms with van der Waals surface area (Å²) in [6, 6.07) is 2.27. The molecule has 2 bridgehead atoms. The number of hydrogen-bond donors (Lipinski definition) is 2. The van der Waals surface area contributed by atoms with E-state index in [4.69, 9.17) is 5.84 Å². The van der Waals surface area contributed by atoms with E-state index in [2.05, 4.69) is 10.3 Å². The van der Waals surface area contributed by atoms with Crippen LogP contribution in [0, 0.1) is 5.92 Å². The molecule has 2 saturated heterocycles. The molecule has 0 radical (unpaired) electrons. The summed E-state index contributed by atoms with van der Waals surface area (Å²) in [5, 5.41) is 0. The Labute approximate surface area is 86.0 Å². The first-order valence-corrected chi connectivity index (χ1v) is 6.08. The van der Waals surface area contributed by atoms with Gasteiger partial charge in [0.15, 0.2) is 0 Å². The predicted molar refractivity (Wildman–Crippen MR) is 56.6 cm³/mol. The maximum Gasteiger partial charge on any atom is 0.0240 e. The molecule has 2 heterocycles. The SMILES string of the molecule is NNC1C[C@H]2CC[C@H](C1)N2CC1CC1. The highest BCUT2D eigenvalue weighted by atomic mass is 15.3. The van der Waals surface area contributed by atoms with Gasteiger partial charge in [-0.1, -0.05) is 0 Å². The quantitative estimate of drug-likeness (QED) is 0.518. The van der Waals surface area contributed by atoms with Crippen LogP contribution < -0.4 is 11.3 Å². The molecule has 3 rings (SSSR count). The average molecular weight is 195 g/mol. The van der Waals surface area contributed by atoms with Crippen molar-refractivity contribution in [3.8, 4) is 0 Å². The van der Waals surface area contributed by atoms with Gasteiger partial charge in [0.2, 0.25) is 0 Å². The van der Waals surface area contributed by atoms with Crippen LogP contribution >= 0.6 is 0 Å². The molecular formula is C11H21N3. The van der Waals surface area contributed by atoms with Gasteiger partial charge in [-0.25, -0.2) is 0 Å². The summed E-state index contributed by atoms with van der Waals surface area (Å²) in [6.07, 6.45) is 8.34. The highest BCUT2D eigenvalue weighted by Gasteiger charge is 2.42. The fraction of sp³-hybridized carbons (Fsp3) is 1.00. The second kappa shape index (κ2) is 3.47. The molecule has 3 nitrogen and oxygen atoms in total. The number of rotatable bonds is 3. The van der Waals surface area contributed by atoms with E-state index in [1.807, 2.05) is 0 Å². The van der Waals surface area contributed by atoms with Gasteiger partial charge in [-0.05, 0) is 44.4 Å². The molecule has 1 aliphatic carbocycles. The van der Waals surface area contributed by atoms with Crippen LogP contribution in [0.2, 0.25) is 0 Å². The van der Waals surface area contributed by atoms with E-state index in [1.165, 1.54) is 45.1 Å². The van der Waals surface area contributed by atoms with Crippen molar-refractivity contribution in [2.75, 3.05) is 6.54 Å². The zero-order chi connectivity index (χ0) is 9.54. The minimum absolute atomic E-state index is 0.586. The van der Waals surface area contributed by atoms with Crippen LogP contribution in [-0.4, -0.2) is 29.6 Å². The number of hydrogen-bond acceptors (Lipinski definition) is 3. The topological polar surface area (TPSA) is 41.3 Å². The smallest absolute Gasteiger partial charge is 0.0240 e. The van der Waals surface area contributed by atoms with Crippen molar-refractivity contribution in [2.24, 2.45) is 11.8 Å². The van der Waals surface area contributed by atoms with Crippen LogP contribution in [-0.2, 0) is 0 Å². The second-order valence-corrected chi connectivity index (χ2v) is 5.36. The summed E-state index contributed by atoms with van der Waals surface area (Å²) in [5.41, 5.74) is 2.97. The fourth-order valence-electron chi connectivity index (χ4n) is 3.31. The number of fused-ring (bicyclic) bond motifs is 2. The number of nitrogens with two attached hydrogens (primary N) is 1. The van der Waals surface area contributed by atoms with Gasteiger partial charge in [0.05, 0.1) is 0 Å². The molecule has 3 fully saturated rings. The molecule has 1 saturated carbocycles. The Morgan fingerprint density at radius 3 is 2.21 bits per heavy atom. The van der Waals surface area contributed by atoms with Crippen molar-refractivity contribution in [3.05, 3.63) is 0 Å². The summed E-state index contributed by atoms with van der Waals surface area (Å²) in [4.78, 5) is 2.78. The van der Waals surface area contributed by atoms with Crippen molar-refractivity contribution >= 4 is 0 Å². The van der Waals surface area contributed by atoms with Gasteiger partial charge in [0.1, 0.15) is 0 Å². The second-order valence-electron chi connectivity index (χ2n) is 5.36. The van der Waals surface area contributed by atoms with E-state index >= 15 is 0 Å². The van der Waals surface area contributed by atoms with E-state index in [0.29, 0.717) is 6.04 Å². The Hall–Kier alpha value is -0.120. The Bertz CT molecular complexity index is 201. The first-order chi connectivity index (χ1) is 6.86. The van der Waals surface area contributed by atoms with Crippen molar-refractivity contribution in [3.63, 3.8) is 0 Å². The zero-order valence-electron chi connectivity index (χ0n) is 8.78. The molecule has 3 heteroatoms. The van der Waals surface area contributed by atoms with Gasteiger partial charge in [-0.2, -0.15) is 0 Å². The van der Waals surface area contributed by atoms with Gasteiger partial charge in [-0.3, -0.25) is 16.2 Å². The van der Waals surface area contributed by atoms with E-state index in [9.17, 15) is 0 Å². The van der Waals surface area contributed by atoms with Crippen LogP contribution in [0.25, 0.3) is 0 Å². The van der Waals surface area contributed by atoms with Crippen molar-refractivity contribution < 1.29 is 0 Å². The Balaban J connectivity index is 1.64. The molecule has 80 valence electrons. The molecule has 0 spiro atoms. The van der Waals surface area contributed by atoms with E-state index < -0.39 is 0 Å². The first kappa shape index (κ1) is 9.13. The predicted octanol–water partition coefficient (Wildman–Crippen LogP) is 0.855. The number of piperidine rings is 1. The maximum atomic E-state index is 5.55. The normalized spacial score (nSPS) is 43.1. The van der Waals surface area contributed by atoms with Gasteiger partial charge in [0.25, 0.3) is 0 Å². The molecule has 2 atom stereocenters. The standard InChI is InChI=1S/C11H21N3/c12-13-9-5-10-3-4-11(6-9)14(10)7-8-1-2-8/h8-11,13H,1-7,12H2/t10-,11-/m1/s1. The van der Waals surface area contributed by atoms with Crippen LogP contribution in [0.1, 0.15) is 38.5 Å². The van der Waals surface area contributed by atoms with E-state index in [-0.39, 0.29) is 0 Å². The van der Waals surface area contributed by atoms with Gasteiger partial charge in [-0.15, -0.1) is 0 Å². The largest absolute Gasteiger partial charge is 0.297 e. The highest BCUT2D eigenvalue weighted by molar-refractivity contribution is 4.98. The minimum atomic E-state index is 0.586. The third-order valence-corrected chi connectivity index (χ3v) is 4.29. The molecule has 0 aromatic carbocycles. The van der Waals surface area contributed by atoms with Gasteiger partial charge in [0, 0.05) is 24.7 Å². The van der Waals surface area contributed by atoms with Crippen LogP contribution in [0.4, 0.5) is 0 Å². The lowest BCUT2D eigenvalue weighted by molar-refractivity contribution is 0.112. The fourth-order valence-corrected chi connectivity index (χ4v) is 3.31. The number of nitrogens with one attached hydrogen (secondary N) is 1. The van der Waals surface area contributed by atoms with Gasteiger partial charge >= 0.3 is 0 Å². The van der Waals surface area contributed by atoms with E-state index in [1.54, 1.807) is 0 Å². The lowest BCUT2D eigenvalue weighted by Gasteiger charge is -2.38. The molecule has 2 aliphatic heterocycles. The van der Waals surface area contributed by atoms with Crippen LogP contribution in [0.15, 0.2) is 0 Å². The molecular weight excluding hydrogens is 174 g/mol. The summed E-state index contributed by atoms with van der Waals surface area (Å²) >= 11 is 0. The maximum absolute atomic E-state index is 5.55. The summed E-state index contributed by atoms with van der Waals surface area (Å²) in [7, 11) is 0. The summed E-state index contributed by atoms with van der Waals surface area (Å²) < 4.78 is 0. The average Bonchev–Trinajstić information content (AvgIpc) is 2.95. The third-order valence-electron chi connectivity index (χ3n) is 4.29. The molecule has 3 aliphatic rings. The number of hydrazine groups is 1. The van der Waals surface area contributed by atoms with Crippen LogP contribution in [0.5, 0.6) is 0 Å². The molecule has 0 aromatic heterocycles. The highest BCUT2D eigenvalue weighted by Crippen LogP contribution is 2.39. The van der Waals surface area contributed by atoms with Crippen LogP contribution in [0.3, 0.4) is 0 Å². The van der Waals surface area contributed by atoms with Crippen molar-refractivity contribution in [2.45, 2.75) is 56.7 Å². The molecule has 14 heavy (non-hydrogen) atoms. The molecule has 0 unspecified atom stereocenters. The number of nitrogens with zero attached hydrogens (tertiary/aromatic N) is 1. The Morgan fingerprint density at radius 2 is 1.71 bits per heavy atom. The van der Waals surface area contributed by atoms with Crippen molar-refractivity contribution in [1.82, 2.24) is 10.3 Å². The lowest BCUT2D eigenvalue weighted by atomic mass is 9.97. The molecule has 0 aromatic rings. The molecule has 0 amide bonds. The third kappa shape index (κ3) is 1.58. The zero-order valence-corrected chi connectivity index (χ0v) is 8.78. The Kier molecular flexibility index (Phi) is 2.26. The Morgan fingerprint density at radius 1 is 1.07 bits per heavy atom. The van der Waals surface area contributed by atoms with Crippen molar-refractivity contribution in [1.29, 1.82) is 0 Å².